The standard InChI is InChI=1S/C23H22N4O4S/c24-15-18-14-17(3-6-22(18)31-19-8-11-30-12-9-19)21-7-10-26-23(27-21)13-16-1-4-20(5-2-16)32(25,28)29/h1-7,10,14,19H,8-9,11-13H2,(H2,25,28,29). The Labute approximate surface area is 186 Å². The fourth-order valence-corrected chi connectivity index (χ4v) is 3.99. The molecular formula is C23H22N4O4S. The van der Waals surface area contributed by atoms with Crippen molar-refractivity contribution in [2.45, 2.75) is 30.3 Å². The first-order chi connectivity index (χ1) is 15.4. The normalized spacial score (nSPS) is 14.6. The third-order valence-corrected chi connectivity index (χ3v) is 6.11. The third kappa shape index (κ3) is 5.29. The molecule has 2 aromatic carbocycles. The molecule has 1 aromatic heterocycles. The van der Waals surface area contributed by atoms with Gasteiger partial charge in [0.25, 0.3) is 0 Å². The summed E-state index contributed by atoms with van der Waals surface area (Å²) < 4.78 is 34.2. The van der Waals surface area contributed by atoms with E-state index < -0.39 is 10.0 Å². The lowest BCUT2D eigenvalue weighted by atomic mass is 10.1. The first-order valence-electron chi connectivity index (χ1n) is 10.1. The Balaban J connectivity index is 1.53. The van der Waals surface area contributed by atoms with Crippen LogP contribution in [0.25, 0.3) is 11.3 Å². The van der Waals surface area contributed by atoms with E-state index in [1.165, 1.54) is 12.1 Å². The second kappa shape index (κ2) is 9.44. The van der Waals surface area contributed by atoms with Crippen molar-refractivity contribution >= 4 is 10.0 Å². The molecule has 0 amide bonds. The maximum absolute atomic E-state index is 11.4. The van der Waals surface area contributed by atoms with Crippen LogP contribution in [0.1, 0.15) is 29.8 Å². The minimum absolute atomic E-state index is 0.0491. The zero-order valence-electron chi connectivity index (χ0n) is 17.3. The number of nitrogens with zero attached hydrogens (tertiary/aromatic N) is 3. The van der Waals surface area contributed by atoms with E-state index in [1.54, 1.807) is 36.5 Å². The van der Waals surface area contributed by atoms with E-state index in [-0.39, 0.29) is 11.0 Å². The summed E-state index contributed by atoms with van der Waals surface area (Å²) in [7, 11) is -3.73. The summed E-state index contributed by atoms with van der Waals surface area (Å²) in [5.74, 6) is 1.14. The molecule has 1 saturated heterocycles. The molecule has 4 rings (SSSR count). The molecule has 0 unspecified atom stereocenters. The monoisotopic (exact) mass is 450 g/mol. The third-order valence-electron chi connectivity index (χ3n) is 5.18. The van der Waals surface area contributed by atoms with Crippen molar-refractivity contribution in [1.29, 1.82) is 5.26 Å². The second-order valence-electron chi connectivity index (χ2n) is 7.48. The summed E-state index contributed by atoms with van der Waals surface area (Å²) in [6, 6.07) is 15.7. The van der Waals surface area contributed by atoms with Crippen LogP contribution in [0.15, 0.2) is 59.6 Å². The fourth-order valence-electron chi connectivity index (χ4n) is 3.48. The van der Waals surface area contributed by atoms with E-state index in [2.05, 4.69) is 16.0 Å². The Kier molecular flexibility index (Phi) is 6.46. The number of ether oxygens (including phenoxy) is 2. The highest BCUT2D eigenvalue weighted by molar-refractivity contribution is 7.89. The molecule has 0 atom stereocenters. The molecule has 8 nitrogen and oxygen atoms in total. The van der Waals surface area contributed by atoms with E-state index >= 15 is 0 Å². The summed E-state index contributed by atoms with van der Waals surface area (Å²) in [5.41, 5.74) is 2.78. The minimum atomic E-state index is -3.73. The van der Waals surface area contributed by atoms with Crippen molar-refractivity contribution in [3.63, 3.8) is 0 Å². The van der Waals surface area contributed by atoms with Crippen molar-refractivity contribution in [1.82, 2.24) is 9.97 Å². The average Bonchev–Trinajstić information content (AvgIpc) is 2.80. The predicted molar refractivity (Wildman–Crippen MR) is 117 cm³/mol. The Morgan fingerprint density at radius 2 is 1.88 bits per heavy atom. The number of nitrogens with two attached hydrogens (primary N) is 1. The number of hydrogen-bond acceptors (Lipinski definition) is 7. The molecule has 164 valence electrons. The molecule has 0 bridgehead atoms. The first kappa shape index (κ1) is 21.9. The number of sulfonamides is 1. The highest BCUT2D eigenvalue weighted by atomic mass is 32.2. The lowest BCUT2D eigenvalue weighted by Gasteiger charge is -2.23. The van der Waals surface area contributed by atoms with Crippen molar-refractivity contribution in [3.8, 4) is 23.1 Å². The van der Waals surface area contributed by atoms with Crippen LogP contribution in [0.3, 0.4) is 0 Å². The molecule has 0 spiro atoms. The fraction of sp³-hybridized carbons (Fsp3) is 0.261. The van der Waals surface area contributed by atoms with Gasteiger partial charge in [0.1, 0.15) is 23.7 Å². The van der Waals surface area contributed by atoms with Gasteiger partial charge < -0.3 is 9.47 Å². The topological polar surface area (TPSA) is 128 Å². The van der Waals surface area contributed by atoms with Crippen molar-refractivity contribution in [2.24, 2.45) is 5.14 Å². The predicted octanol–water partition coefficient (Wildman–Crippen LogP) is 2.81. The van der Waals surface area contributed by atoms with Crippen LogP contribution in [-0.4, -0.2) is 37.7 Å². The lowest BCUT2D eigenvalue weighted by molar-refractivity contribution is 0.0254. The molecule has 0 radical (unpaired) electrons. The summed E-state index contributed by atoms with van der Waals surface area (Å²) in [6.07, 6.45) is 3.75. The number of aromatic nitrogens is 2. The molecule has 1 aliphatic rings. The maximum atomic E-state index is 11.4. The van der Waals surface area contributed by atoms with E-state index in [4.69, 9.17) is 14.6 Å². The molecular weight excluding hydrogens is 428 g/mol. The number of primary sulfonamides is 1. The zero-order chi connectivity index (χ0) is 22.6. The molecule has 0 aliphatic carbocycles. The van der Waals surface area contributed by atoms with Crippen molar-refractivity contribution in [2.75, 3.05) is 13.2 Å². The molecule has 3 aromatic rings. The van der Waals surface area contributed by atoms with Gasteiger partial charge in [-0.15, -0.1) is 0 Å². The van der Waals surface area contributed by atoms with E-state index in [1.807, 2.05) is 6.07 Å². The summed E-state index contributed by atoms with van der Waals surface area (Å²) >= 11 is 0. The molecule has 32 heavy (non-hydrogen) atoms. The van der Waals surface area contributed by atoms with Crippen LogP contribution in [0.4, 0.5) is 0 Å². The van der Waals surface area contributed by atoms with Gasteiger partial charge in [0.05, 0.1) is 29.4 Å². The Hall–Kier alpha value is -3.32. The number of nitriles is 1. The maximum Gasteiger partial charge on any atom is 0.238 e. The molecule has 1 fully saturated rings. The van der Waals surface area contributed by atoms with E-state index in [0.29, 0.717) is 42.5 Å². The van der Waals surface area contributed by atoms with Crippen molar-refractivity contribution in [3.05, 3.63) is 71.7 Å². The zero-order valence-corrected chi connectivity index (χ0v) is 18.1. The Morgan fingerprint density at radius 1 is 1.12 bits per heavy atom. The van der Waals surface area contributed by atoms with Gasteiger partial charge in [0.15, 0.2) is 0 Å². The average molecular weight is 451 g/mol. The first-order valence-corrected chi connectivity index (χ1v) is 11.7. The van der Waals surface area contributed by atoms with Crippen LogP contribution < -0.4 is 9.88 Å². The van der Waals surface area contributed by atoms with Gasteiger partial charge >= 0.3 is 0 Å². The van der Waals surface area contributed by atoms with Gasteiger partial charge in [-0.25, -0.2) is 23.5 Å². The van der Waals surface area contributed by atoms with Crippen LogP contribution >= 0.6 is 0 Å². The molecule has 0 saturated carbocycles. The highest BCUT2D eigenvalue weighted by Crippen LogP contribution is 2.27. The molecule has 2 heterocycles. The van der Waals surface area contributed by atoms with Gasteiger partial charge in [-0.2, -0.15) is 5.26 Å². The number of benzene rings is 2. The van der Waals surface area contributed by atoms with Gasteiger partial charge in [-0.1, -0.05) is 12.1 Å². The highest BCUT2D eigenvalue weighted by Gasteiger charge is 2.17. The second-order valence-corrected chi connectivity index (χ2v) is 9.04. The van der Waals surface area contributed by atoms with E-state index in [0.717, 1.165) is 24.0 Å². The Bertz CT molecular complexity index is 1250. The van der Waals surface area contributed by atoms with Gasteiger partial charge in [0.2, 0.25) is 10.0 Å². The Morgan fingerprint density at radius 3 is 2.56 bits per heavy atom. The van der Waals surface area contributed by atoms with Gasteiger partial charge in [-0.05, 0) is 42.0 Å². The SMILES string of the molecule is N#Cc1cc(-c2ccnc(Cc3ccc(S(N)(=O)=O)cc3)n2)ccc1OC1CCOCC1. The van der Waals surface area contributed by atoms with Gasteiger partial charge in [-0.3, -0.25) is 0 Å². The van der Waals surface area contributed by atoms with Crippen LogP contribution in [0, 0.1) is 11.3 Å². The van der Waals surface area contributed by atoms with Crippen molar-refractivity contribution < 1.29 is 17.9 Å². The number of rotatable bonds is 6. The van der Waals surface area contributed by atoms with Gasteiger partial charge in [0, 0.05) is 31.0 Å². The molecule has 2 N–H and O–H groups in total. The summed E-state index contributed by atoms with van der Waals surface area (Å²) in [6.45, 7) is 1.33. The lowest BCUT2D eigenvalue weighted by Crippen LogP contribution is -2.26. The molecule has 9 heteroatoms. The molecule has 1 aliphatic heterocycles. The smallest absolute Gasteiger partial charge is 0.238 e. The minimum Gasteiger partial charge on any atom is -0.489 e. The van der Waals surface area contributed by atoms with Crippen LogP contribution in [0.5, 0.6) is 5.75 Å². The van der Waals surface area contributed by atoms with E-state index in [9.17, 15) is 13.7 Å². The van der Waals surface area contributed by atoms with Crippen LogP contribution in [-0.2, 0) is 21.2 Å². The largest absolute Gasteiger partial charge is 0.489 e. The summed E-state index contributed by atoms with van der Waals surface area (Å²) in [5, 5.41) is 14.7. The summed E-state index contributed by atoms with van der Waals surface area (Å²) in [4.78, 5) is 8.98. The quantitative estimate of drug-likeness (QED) is 0.611. The van der Waals surface area contributed by atoms with Crippen LogP contribution in [0.2, 0.25) is 0 Å². The number of hydrogen-bond donors (Lipinski definition) is 1.